The van der Waals surface area contributed by atoms with Gasteiger partial charge in [0, 0.05) is 7.11 Å². The van der Waals surface area contributed by atoms with Crippen molar-refractivity contribution in [1.82, 2.24) is 0 Å². The minimum Gasteiger partial charge on any atom is -0.400 e. The predicted molar refractivity (Wildman–Crippen MR) is 42.0 cm³/mol. The molecule has 1 N–H and O–H groups in total. The molecule has 1 unspecified atom stereocenters. The Kier molecular flexibility index (Phi) is 5.64. The standard InChI is InChI=1S/C7H14O.CH4O/c1-3-7-5-4-6(2)8-7;1-2/h6-7H,3-5H2,1-2H3;2H,1H3/t6-,7?;/m0./s1. The number of aliphatic hydroxyl groups is 1. The maximum Gasteiger partial charge on any atom is 0.0577 e. The van der Waals surface area contributed by atoms with Gasteiger partial charge in [0.25, 0.3) is 0 Å². The normalized spacial score (nSPS) is 31.2. The molecule has 1 saturated heterocycles. The molecule has 0 spiro atoms. The highest BCUT2D eigenvalue weighted by Crippen LogP contribution is 2.20. The van der Waals surface area contributed by atoms with Crippen molar-refractivity contribution in [3.05, 3.63) is 0 Å². The van der Waals surface area contributed by atoms with Gasteiger partial charge in [-0.3, -0.25) is 0 Å². The van der Waals surface area contributed by atoms with Crippen LogP contribution in [0.4, 0.5) is 0 Å². The molecule has 0 radical (unpaired) electrons. The van der Waals surface area contributed by atoms with Crippen LogP contribution >= 0.6 is 0 Å². The lowest BCUT2D eigenvalue weighted by Gasteiger charge is -2.05. The second-order valence-electron chi connectivity index (χ2n) is 2.55. The quantitative estimate of drug-likeness (QED) is 0.608. The second kappa shape index (κ2) is 5.69. The minimum absolute atomic E-state index is 0.528. The van der Waals surface area contributed by atoms with Crippen molar-refractivity contribution in [3.8, 4) is 0 Å². The Labute approximate surface area is 63.2 Å². The third kappa shape index (κ3) is 3.18. The Morgan fingerprint density at radius 1 is 1.40 bits per heavy atom. The fourth-order valence-corrected chi connectivity index (χ4v) is 1.19. The smallest absolute Gasteiger partial charge is 0.0577 e. The molecule has 2 heteroatoms. The van der Waals surface area contributed by atoms with Gasteiger partial charge >= 0.3 is 0 Å². The zero-order chi connectivity index (χ0) is 7.98. The summed E-state index contributed by atoms with van der Waals surface area (Å²) in [5, 5.41) is 7.00. The molecule has 0 aromatic carbocycles. The third-order valence-electron chi connectivity index (χ3n) is 1.78. The van der Waals surface area contributed by atoms with E-state index in [0.29, 0.717) is 12.2 Å². The van der Waals surface area contributed by atoms with Crippen LogP contribution in [0, 0.1) is 0 Å². The van der Waals surface area contributed by atoms with E-state index in [4.69, 9.17) is 9.84 Å². The molecule has 1 rings (SSSR count). The maximum absolute atomic E-state index is 7.00. The molecule has 0 saturated carbocycles. The molecule has 1 aliphatic heterocycles. The molecule has 0 aromatic heterocycles. The van der Waals surface area contributed by atoms with Gasteiger partial charge in [0.15, 0.2) is 0 Å². The zero-order valence-electron chi connectivity index (χ0n) is 7.13. The fraction of sp³-hybridized carbons (Fsp3) is 1.00. The molecular weight excluding hydrogens is 128 g/mol. The van der Waals surface area contributed by atoms with Gasteiger partial charge in [-0.1, -0.05) is 6.92 Å². The molecule has 1 fully saturated rings. The van der Waals surface area contributed by atoms with Gasteiger partial charge in [0.2, 0.25) is 0 Å². The van der Waals surface area contributed by atoms with E-state index in [1.165, 1.54) is 19.3 Å². The van der Waals surface area contributed by atoms with Gasteiger partial charge in [-0.25, -0.2) is 0 Å². The predicted octanol–water partition coefficient (Wildman–Crippen LogP) is 1.57. The largest absolute Gasteiger partial charge is 0.400 e. The van der Waals surface area contributed by atoms with Crippen molar-refractivity contribution in [2.45, 2.75) is 45.3 Å². The van der Waals surface area contributed by atoms with Crippen LogP contribution in [-0.4, -0.2) is 24.4 Å². The van der Waals surface area contributed by atoms with Crippen molar-refractivity contribution in [2.24, 2.45) is 0 Å². The molecule has 2 nitrogen and oxygen atoms in total. The average molecular weight is 146 g/mol. The number of rotatable bonds is 1. The summed E-state index contributed by atoms with van der Waals surface area (Å²) in [6.07, 6.45) is 4.82. The first kappa shape index (κ1) is 9.92. The SMILES string of the molecule is CCC1CC[C@H](C)O1.CO. The number of aliphatic hydroxyl groups excluding tert-OH is 1. The number of hydrogen-bond donors (Lipinski definition) is 1. The summed E-state index contributed by atoms with van der Waals surface area (Å²) in [5.41, 5.74) is 0. The lowest BCUT2D eigenvalue weighted by molar-refractivity contribution is 0.0540. The molecule has 0 aliphatic carbocycles. The van der Waals surface area contributed by atoms with E-state index in [0.717, 1.165) is 7.11 Å². The van der Waals surface area contributed by atoms with Crippen LogP contribution in [0.3, 0.4) is 0 Å². The van der Waals surface area contributed by atoms with Gasteiger partial charge in [0.05, 0.1) is 12.2 Å². The third-order valence-corrected chi connectivity index (χ3v) is 1.78. The zero-order valence-corrected chi connectivity index (χ0v) is 7.13. The molecule has 0 aromatic rings. The first-order valence-corrected chi connectivity index (χ1v) is 3.93. The summed E-state index contributed by atoms with van der Waals surface area (Å²) >= 11 is 0. The fourth-order valence-electron chi connectivity index (χ4n) is 1.19. The molecule has 1 heterocycles. The molecule has 0 bridgehead atoms. The van der Waals surface area contributed by atoms with Gasteiger partial charge < -0.3 is 9.84 Å². The minimum atomic E-state index is 0.528. The van der Waals surface area contributed by atoms with E-state index in [2.05, 4.69) is 13.8 Å². The van der Waals surface area contributed by atoms with Crippen LogP contribution < -0.4 is 0 Å². The van der Waals surface area contributed by atoms with Crippen molar-refractivity contribution >= 4 is 0 Å². The van der Waals surface area contributed by atoms with E-state index in [1.54, 1.807) is 0 Å². The van der Waals surface area contributed by atoms with Crippen LogP contribution in [0.15, 0.2) is 0 Å². The molecule has 0 amide bonds. The van der Waals surface area contributed by atoms with Crippen molar-refractivity contribution in [2.75, 3.05) is 7.11 Å². The van der Waals surface area contributed by atoms with E-state index in [9.17, 15) is 0 Å². The van der Waals surface area contributed by atoms with Crippen LogP contribution in [0.5, 0.6) is 0 Å². The highest BCUT2D eigenvalue weighted by atomic mass is 16.5. The van der Waals surface area contributed by atoms with Crippen molar-refractivity contribution in [1.29, 1.82) is 0 Å². The van der Waals surface area contributed by atoms with E-state index >= 15 is 0 Å². The van der Waals surface area contributed by atoms with Crippen molar-refractivity contribution < 1.29 is 9.84 Å². The first-order chi connectivity index (χ1) is 4.83. The summed E-state index contributed by atoms with van der Waals surface area (Å²) < 4.78 is 5.51. The second-order valence-corrected chi connectivity index (χ2v) is 2.55. The van der Waals surface area contributed by atoms with Gasteiger partial charge in [-0.15, -0.1) is 0 Å². The van der Waals surface area contributed by atoms with Crippen LogP contribution in [0.25, 0.3) is 0 Å². The van der Waals surface area contributed by atoms with Crippen molar-refractivity contribution in [3.63, 3.8) is 0 Å². The summed E-state index contributed by atoms with van der Waals surface area (Å²) in [5.74, 6) is 0. The van der Waals surface area contributed by atoms with Gasteiger partial charge in [-0.2, -0.15) is 0 Å². The van der Waals surface area contributed by atoms with E-state index in [1.807, 2.05) is 0 Å². The molecule has 1 aliphatic rings. The molecule has 10 heavy (non-hydrogen) atoms. The number of hydrogen-bond acceptors (Lipinski definition) is 2. The highest BCUT2D eigenvalue weighted by Gasteiger charge is 2.18. The highest BCUT2D eigenvalue weighted by molar-refractivity contribution is 4.68. The summed E-state index contributed by atoms with van der Waals surface area (Å²) in [7, 11) is 1.00. The average Bonchev–Trinajstić information content (AvgIpc) is 2.40. The summed E-state index contributed by atoms with van der Waals surface area (Å²) in [4.78, 5) is 0. The maximum atomic E-state index is 7.00. The Bertz CT molecular complexity index is 73.7. The van der Waals surface area contributed by atoms with Crippen LogP contribution in [0.1, 0.15) is 33.1 Å². The Morgan fingerprint density at radius 3 is 2.20 bits per heavy atom. The molecule has 2 atom stereocenters. The van der Waals surface area contributed by atoms with Crippen LogP contribution in [0.2, 0.25) is 0 Å². The summed E-state index contributed by atoms with van der Waals surface area (Å²) in [6.45, 7) is 4.33. The Morgan fingerprint density at radius 2 is 2.00 bits per heavy atom. The lowest BCUT2D eigenvalue weighted by Crippen LogP contribution is -2.05. The lowest BCUT2D eigenvalue weighted by atomic mass is 10.2. The molecule has 62 valence electrons. The monoisotopic (exact) mass is 146 g/mol. The number of ether oxygens (including phenoxy) is 1. The molecular formula is C8H18O2. The van der Waals surface area contributed by atoms with E-state index < -0.39 is 0 Å². The Balaban J connectivity index is 0.000000371. The van der Waals surface area contributed by atoms with Gasteiger partial charge in [-0.05, 0) is 26.2 Å². The van der Waals surface area contributed by atoms with Gasteiger partial charge in [0.1, 0.15) is 0 Å². The first-order valence-electron chi connectivity index (χ1n) is 3.93. The topological polar surface area (TPSA) is 29.5 Å². The Hall–Kier alpha value is -0.0800. The van der Waals surface area contributed by atoms with E-state index in [-0.39, 0.29) is 0 Å². The summed E-state index contributed by atoms with van der Waals surface area (Å²) in [6, 6.07) is 0. The van der Waals surface area contributed by atoms with Crippen LogP contribution in [-0.2, 0) is 4.74 Å².